The number of anilines is 1. The average molecular weight is 284 g/mol. The Bertz CT molecular complexity index is 774. The number of aromatic nitrogens is 5. The quantitative estimate of drug-likeness (QED) is 0.760. The van der Waals surface area contributed by atoms with Crippen LogP contribution in [0.1, 0.15) is 0 Å². The summed E-state index contributed by atoms with van der Waals surface area (Å²) in [6.45, 7) is 1.08. The van der Waals surface area contributed by atoms with E-state index in [2.05, 4.69) is 25.9 Å². The topological polar surface area (TPSA) is 86.5 Å². The highest BCUT2D eigenvalue weighted by atomic mass is 16.6. The third kappa shape index (κ3) is 2.31. The lowest BCUT2D eigenvalue weighted by atomic mass is 10.2. The molecule has 0 fully saturated rings. The van der Waals surface area contributed by atoms with Gasteiger partial charge in [0.05, 0.1) is 6.54 Å². The van der Waals surface area contributed by atoms with Gasteiger partial charge >= 0.3 is 0 Å². The molecule has 3 aromatic rings. The molecule has 106 valence electrons. The van der Waals surface area contributed by atoms with Crippen LogP contribution in [0.5, 0.6) is 11.5 Å². The second-order valence-electron chi connectivity index (χ2n) is 4.62. The first-order valence-electron chi connectivity index (χ1n) is 6.56. The Morgan fingerprint density at radius 3 is 3.05 bits per heavy atom. The van der Waals surface area contributed by atoms with E-state index in [4.69, 9.17) is 9.47 Å². The number of fused-ring (bicyclic) bond motifs is 2. The third-order valence-electron chi connectivity index (χ3n) is 3.15. The third-order valence-corrected chi connectivity index (χ3v) is 3.15. The molecule has 0 amide bonds. The summed E-state index contributed by atoms with van der Waals surface area (Å²) in [6.07, 6.45) is -0.0775. The zero-order chi connectivity index (χ0) is 14.1. The number of nitrogens with zero attached hydrogens (tertiary/aromatic N) is 5. The Labute approximate surface area is 119 Å². The van der Waals surface area contributed by atoms with Gasteiger partial charge in [0.25, 0.3) is 0 Å². The number of ether oxygens (including phenoxy) is 2. The molecular weight excluding hydrogens is 272 g/mol. The van der Waals surface area contributed by atoms with Gasteiger partial charge in [-0.2, -0.15) is 0 Å². The van der Waals surface area contributed by atoms with Crippen LogP contribution in [0.15, 0.2) is 36.4 Å². The van der Waals surface area contributed by atoms with Crippen molar-refractivity contribution in [3.8, 4) is 11.5 Å². The number of para-hydroxylation sites is 2. The first kappa shape index (κ1) is 11.9. The number of nitrogens with one attached hydrogen (secondary N) is 1. The van der Waals surface area contributed by atoms with Crippen molar-refractivity contribution in [2.45, 2.75) is 6.10 Å². The summed E-state index contributed by atoms with van der Waals surface area (Å²) in [5.74, 6) is 2.22. The molecule has 0 aliphatic carbocycles. The van der Waals surface area contributed by atoms with E-state index in [0.717, 1.165) is 11.5 Å². The number of rotatable bonds is 3. The number of benzene rings is 1. The van der Waals surface area contributed by atoms with Crippen molar-refractivity contribution in [2.75, 3.05) is 18.5 Å². The summed E-state index contributed by atoms with van der Waals surface area (Å²) in [5.41, 5.74) is 0.603. The predicted octanol–water partition coefficient (Wildman–Crippen LogP) is 0.771. The Morgan fingerprint density at radius 2 is 2.10 bits per heavy atom. The molecular formula is C13H12N6O2. The second kappa shape index (κ2) is 4.89. The van der Waals surface area contributed by atoms with Gasteiger partial charge in [-0.1, -0.05) is 12.1 Å². The Kier molecular flexibility index (Phi) is 2.77. The van der Waals surface area contributed by atoms with Gasteiger partial charge in [0.15, 0.2) is 17.1 Å². The van der Waals surface area contributed by atoms with E-state index < -0.39 is 0 Å². The van der Waals surface area contributed by atoms with Gasteiger partial charge in [0.1, 0.15) is 18.5 Å². The van der Waals surface area contributed by atoms with Crippen LogP contribution in [0.4, 0.5) is 5.82 Å². The highest BCUT2D eigenvalue weighted by molar-refractivity contribution is 5.43. The van der Waals surface area contributed by atoms with Gasteiger partial charge in [-0.3, -0.25) is 0 Å². The van der Waals surface area contributed by atoms with E-state index in [1.165, 1.54) is 4.63 Å². The van der Waals surface area contributed by atoms with Crippen molar-refractivity contribution >= 4 is 11.5 Å². The van der Waals surface area contributed by atoms with Crippen LogP contribution in [-0.2, 0) is 0 Å². The van der Waals surface area contributed by atoms with Crippen molar-refractivity contribution in [1.82, 2.24) is 25.3 Å². The monoisotopic (exact) mass is 284 g/mol. The van der Waals surface area contributed by atoms with E-state index in [-0.39, 0.29) is 6.10 Å². The minimum atomic E-state index is -0.0775. The summed E-state index contributed by atoms with van der Waals surface area (Å²) < 4.78 is 12.9. The van der Waals surface area contributed by atoms with Crippen LogP contribution >= 0.6 is 0 Å². The lowest BCUT2D eigenvalue weighted by Crippen LogP contribution is -2.35. The zero-order valence-electron chi connectivity index (χ0n) is 11.0. The molecule has 1 aromatic carbocycles. The normalized spacial score (nSPS) is 16.9. The number of hydrogen-bond acceptors (Lipinski definition) is 7. The minimum absolute atomic E-state index is 0.0775. The fourth-order valence-corrected chi connectivity index (χ4v) is 2.13. The molecule has 0 bridgehead atoms. The first-order chi connectivity index (χ1) is 10.4. The summed E-state index contributed by atoms with van der Waals surface area (Å²) in [6, 6.07) is 11.3. The fourth-order valence-electron chi connectivity index (χ4n) is 2.13. The molecule has 0 unspecified atom stereocenters. The van der Waals surface area contributed by atoms with Gasteiger partial charge in [-0.25, -0.2) is 0 Å². The summed E-state index contributed by atoms with van der Waals surface area (Å²) >= 11 is 0. The molecule has 2 aromatic heterocycles. The smallest absolute Gasteiger partial charge is 0.200 e. The molecule has 1 aliphatic rings. The number of tetrazole rings is 1. The molecule has 3 heterocycles. The molecule has 4 rings (SSSR count). The van der Waals surface area contributed by atoms with E-state index in [1.807, 2.05) is 30.3 Å². The summed E-state index contributed by atoms with van der Waals surface area (Å²) in [5, 5.41) is 18.5. The summed E-state index contributed by atoms with van der Waals surface area (Å²) in [4.78, 5) is 0. The fraction of sp³-hybridized carbons (Fsp3) is 0.231. The molecule has 1 aliphatic heterocycles. The summed E-state index contributed by atoms with van der Waals surface area (Å²) in [7, 11) is 0. The predicted molar refractivity (Wildman–Crippen MR) is 73.4 cm³/mol. The lowest BCUT2D eigenvalue weighted by molar-refractivity contribution is 0.0997. The maximum absolute atomic E-state index is 5.86. The zero-order valence-corrected chi connectivity index (χ0v) is 11.0. The maximum atomic E-state index is 5.86. The van der Waals surface area contributed by atoms with Crippen molar-refractivity contribution in [2.24, 2.45) is 0 Å². The van der Waals surface area contributed by atoms with Gasteiger partial charge < -0.3 is 14.8 Å². The van der Waals surface area contributed by atoms with Crippen LogP contribution in [0.3, 0.4) is 0 Å². The van der Waals surface area contributed by atoms with E-state index in [0.29, 0.717) is 24.6 Å². The Morgan fingerprint density at radius 1 is 1.19 bits per heavy atom. The standard InChI is InChI=1S/C13H12N6O2/c1-2-4-11-10(3-1)20-8-9(21-11)7-14-12-5-6-13-15-17-18-19(13)16-12/h1-6,9H,7-8H2,(H,14,16)/t9-/m1/s1. The van der Waals surface area contributed by atoms with E-state index in [9.17, 15) is 0 Å². The molecule has 21 heavy (non-hydrogen) atoms. The largest absolute Gasteiger partial charge is 0.486 e. The van der Waals surface area contributed by atoms with Crippen LogP contribution in [0, 0.1) is 0 Å². The molecule has 1 N–H and O–H groups in total. The first-order valence-corrected chi connectivity index (χ1v) is 6.56. The van der Waals surface area contributed by atoms with Crippen LogP contribution in [0.25, 0.3) is 5.65 Å². The molecule has 0 saturated carbocycles. The minimum Gasteiger partial charge on any atom is -0.486 e. The van der Waals surface area contributed by atoms with Crippen LogP contribution in [0.2, 0.25) is 0 Å². The van der Waals surface area contributed by atoms with Gasteiger partial charge in [-0.05, 0) is 34.7 Å². The van der Waals surface area contributed by atoms with Gasteiger partial charge in [0, 0.05) is 0 Å². The van der Waals surface area contributed by atoms with Crippen molar-refractivity contribution in [3.05, 3.63) is 36.4 Å². The lowest BCUT2D eigenvalue weighted by Gasteiger charge is -2.26. The molecule has 0 radical (unpaired) electrons. The van der Waals surface area contributed by atoms with Gasteiger partial charge in [-0.15, -0.1) is 14.8 Å². The van der Waals surface area contributed by atoms with Crippen molar-refractivity contribution < 1.29 is 9.47 Å². The maximum Gasteiger partial charge on any atom is 0.200 e. The van der Waals surface area contributed by atoms with Crippen molar-refractivity contribution in [1.29, 1.82) is 0 Å². The highest BCUT2D eigenvalue weighted by Crippen LogP contribution is 2.30. The van der Waals surface area contributed by atoms with Crippen LogP contribution in [-0.4, -0.2) is 44.5 Å². The SMILES string of the molecule is c1ccc2c(c1)OC[C@@H](CNc1ccc3nnnn3n1)O2. The molecule has 0 spiro atoms. The average Bonchev–Trinajstić information content (AvgIpc) is 3.00. The molecule has 8 heteroatoms. The molecule has 0 saturated heterocycles. The van der Waals surface area contributed by atoms with Gasteiger partial charge in [0.2, 0.25) is 0 Å². The molecule has 1 atom stereocenters. The van der Waals surface area contributed by atoms with E-state index >= 15 is 0 Å². The van der Waals surface area contributed by atoms with Crippen molar-refractivity contribution in [3.63, 3.8) is 0 Å². The second-order valence-corrected chi connectivity index (χ2v) is 4.62. The van der Waals surface area contributed by atoms with Crippen LogP contribution < -0.4 is 14.8 Å². The Hall–Kier alpha value is -2.90. The number of hydrogen-bond donors (Lipinski definition) is 1. The Balaban J connectivity index is 1.43. The highest BCUT2D eigenvalue weighted by Gasteiger charge is 2.20. The van der Waals surface area contributed by atoms with E-state index in [1.54, 1.807) is 6.07 Å². The molecule has 8 nitrogen and oxygen atoms in total.